The third-order valence-corrected chi connectivity index (χ3v) is 5.99. The molecule has 37 heavy (non-hydrogen) atoms. The van der Waals surface area contributed by atoms with Crippen molar-refractivity contribution in [2.75, 3.05) is 38.4 Å². The first-order valence-corrected chi connectivity index (χ1v) is 12.7. The van der Waals surface area contributed by atoms with Crippen molar-refractivity contribution in [2.24, 2.45) is 0 Å². The van der Waals surface area contributed by atoms with Crippen LogP contribution in [-0.4, -0.2) is 79.6 Å². The summed E-state index contributed by atoms with van der Waals surface area (Å²) in [5, 5.41) is 4.89. The fourth-order valence-electron chi connectivity index (χ4n) is 4.16. The lowest BCUT2D eigenvalue weighted by Crippen LogP contribution is -2.54. The van der Waals surface area contributed by atoms with Gasteiger partial charge in [0.1, 0.15) is 6.04 Å². The van der Waals surface area contributed by atoms with Crippen LogP contribution in [0.25, 0.3) is 0 Å². The van der Waals surface area contributed by atoms with Crippen LogP contribution in [0.15, 0.2) is 18.2 Å². The maximum Gasteiger partial charge on any atom is 0.264 e. The van der Waals surface area contributed by atoms with Crippen molar-refractivity contribution in [3.8, 4) is 0 Å². The van der Waals surface area contributed by atoms with E-state index in [9.17, 15) is 24.0 Å². The zero-order chi connectivity index (χ0) is 26.8. The molecule has 3 rings (SSSR count). The molecule has 1 unspecified atom stereocenters. The number of benzene rings is 1. The molecule has 1 fully saturated rings. The molecule has 1 saturated heterocycles. The third kappa shape index (κ3) is 7.91. The fourth-order valence-corrected chi connectivity index (χ4v) is 4.16. The number of hydrogen-bond acceptors (Lipinski definition) is 8. The van der Waals surface area contributed by atoms with E-state index in [1.54, 1.807) is 12.1 Å². The molecule has 11 heteroatoms. The van der Waals surface area contributed by atoms with E-state index in [0.29, 0.717) is 39.5 Å². The van der Waals surface area contributed by atoms with E-state index < -0.39 is 29.7 Å². The van der Waals surface area contributed by atoms with Crippen molar-refractivity contribution in [1.29, 1.82) is 0 Å². The zero-order valence-corrected chi connectivity index (χ0v) is 21.4. The van der Waals surface area contributed by atoms with E-state index in [-0.39, 0.29) is 48.1 Å². The third-order valence-electron chi connectivity index (χ3n) is 5.99. The Bertz CT molecular complexity index is 1010. The summed E-state index contributed by atoms with van der Waals surface area (Å²) in [6.07, 6.45) is 2.80. The summed E-state index contributed by atoms with van der Waals surface area (Å²) in [5.74, 6) is -2.65. The summed E-state index contributed by atoms with van der Waals surface area (Å²) in [6, 6.07) is 3.57. The van der Waals surface area contributed by atoms with Gasteiger partial charge in [-0.15, -0.1) is 0 Å². The molecule has 0 bridgehead atoms. The molecule has 2 aliphatic rings. The zero-order valence-electron chi connectivity index (χ0n) is 21.4. The number of ether oxygens (including phenoxy) is 3. The highest BCUT2D eigenvalue weighted by atomic mass is 16.5. The van der Waals surface area contributed by atoms with Crippen LogP contribution in [0.3, 0.4) is 0 Å². The summed E-state index contributed by atoms with van der Waals surface area (Å²) in [6.45, 7) is 6.64. The standard InChI is InChI=1S/C26H35N3O8/c1-17(2)37-16-15-36-14-13-35-12-5-3-4-9-21(30)27-19-8-6-7-18-23(19)26(34)29(25(18)33)20-10-11-22(31)28-24(20)32/h6-8,17,20H,3-5,9-16H2,1-2H3,(H,27,30)(H,28,31,32). The van der Waals surface area contributed by atoms with Crippen molar-refractivity contribution in [2.45, 2.75) is 64.5 Å². The largest absolute Gasteiger partial charge is 0.379 e. The van der Waals surface area contributed by atoms with Crippen LogP contribution in [0.4, 0.5) is 5.69 Å². The van der Waals surface area contributed by atoms with Gasteiger partial charge in [-0.1, -0.05) is 12.5 Å². The number of piperidine rings is 1. The number of fused-ring (bicyclic) bond motifs is 1. The molecule has 0 aromatic heterocycles. The van der Waals surface area contributed by atoms with Crippen LogP contribution in [0.2, 0.25) is 0 Å². The first-order valence-electron chi connectivity index (χ1n) is 12.7. The molecule has 1 atom stereocenters. The molecule has 11 nitrogen and oxygen atoms in total. The maximum absolute atomic E-state index is 13.1. The van der Waals surface area contributed by atoms with Crippen LogP contribution in [-0.2, 0) is 28.6 Å². The van der Waals surface area contributed by atoms with Crippen molar-refractivity contribution >= 4 is 35.2 Å². The van der Waals surface area contributed by atoms with E-state index in [2.05, 4.69) is 10.6 Å². The molecular weight excluding hydrogens is 482 g/mol. The van der Waals surface area contributed by atoms with Gasteiger partial charge >= 0.3 is 0 Å². The number of rotatable bonds is 15. The minimum absolute atomic E-state index is 0.0418. The van der Waals surface area contributed by atoms with Crippen molar-refractivity contribution < 1.29 is 38.2 Å². The van der Waals surface area contributed by atoms with Gasteiger partial charge in [0.25, 0.3) is 11.8 Å². The van der Waals surface area contributed by atoms with Crippen molar-refractivity contribution in [3.63, 3.8) is 0 Å². The lowest BCUT2D eigenvalue weighted by atomic mass is 10.0. The minimum atomic E-state index is -1.05. The normalized spacial score (nSPS) is 17.4. The van der Waals surface area contributed by atoms with E-state index >= 15 is 0 Å². The van der Waals surface area contributed by atoms with Gasteiger partial charge in [-0.3, -0.25) is 34.2 Å². The highest BCUT2D eigenvalue weighted by Crippen LogP contribution is 2.32. The molecule has 2 heterocycles. The Morgan fingerprint density at radius 2 is 1.73 bits per heavy atom. The number of amides is 5. The number of imide groups is 2. The number of carbonyl (C=O) groups excluding carboxylic acids is 5. The molecule has 0 aliphatic carbocycles. The van der Waals surface area contributed by atoms with Gasteiger partial charge < -0.3 is 19.5 Å². The van der Waals surface area contributed by atoms with Gasteiger partial charge in [0.15, 0.2) is 0 Å². The highest BCUT2D eigenvalue weighted by Gasteiger charge is 2.45. The Hall–Kier alpha value is -3.15. The van der Waals surface area contributed by atoms with E-state index in [1.807, 2.05) is 13.8 Å². The Morgan fingerprint density at radius 3 is 2.46 bits per heavy atom. The van der Waals surface area contributed by atoms with Crippen LogP contribution >= 0.6 is 0 Å². The number of anilines is 1. The van der Waals surface area contributed by atoms with Gasteiger partial charge in [-0.2, -0.15) is 0 Å². The SMILES string of the molecule is CC(C)OCCOCCOCCCCCC(=O)Nc1cccc2c1C(=O)N(C1CCC(=O)NC1=O)C2=O. The lowest BCUT2D eigenvalue weighted by molar-refractivity contribution is -0.136. The summed E-state index contributed by atoms with van der Waals surface area (Å²) in [5.41, 5.74) is 0.427. The Kier molecular flexibility index (Phi) is 10.7. The number of nitrogens with zero attached hydrogens (tertiary/aromatic N) is 1. The maximum atomic E-state index is 13.1. The molecule has 2 N–H and O–H groups in total. The second-order valence-electron chi connectivity index (χ2n) is 9.18. The topological polar surface area (TPSA) is 140 Å². The molecule has 0 saturated carbocycles. The van der Waals surface area contributed by atoms with Gasteiger partial charge in [0.2, 0.25) is 17.7 Å². The summed E-state index contributed by atoms with van der Waals surface area (Å²) >= 11 is 0. The molecule has 2 aliphatic heterocycles. The van der Waals surface area contributed by atoms with Crippen LogP contribution in [0.1, 0.15) is 73.1 Å². The molecular formula is C26H35N3O8. The quantitative estimate of drug-likeness (QED) is 0.266. The highest BCUT2D eigenvalue weighted by molar-refractivity contribution is 6.26. The Labute approximate surface area is 216 Å². The summed E-state index contributed by atoms with van der Waals surface area (Å²) < 4.78 is 16.3. The predicted molar refractivity (Wildman–Crippen MR) is 133 cm³/mol. The number of nitrogens with one attached hydrogen (secondary N) is 2. The lowest BCUT2D eigenvalue weighted by Gasteiger charge is -2.27. The Balaban J connectivity index is 1.38. The second-order valence-corrected chi connectivity index (χ2v) is 9.18. The van der Waals surface area contributed by atoms with Crippen molar-refractivity contribution in [1.82, 2.24) is 10.2 Å². The summed E-state index contributed by atoms with van der Waals surface area (Å²) in [7, 11) is 0. The van der Waals surface area contributed by atoms with Crippen LogP contribution in [0.5, 0.6) is 0 Å². The van der Waals surface area contributed by atoms with E-state index in [1.165, 1.54) is 6.07 Å². The number of unbranched alkanes of at least 4 members (excludes halogenated alkanes) is 2. The van der Waals surface area contributed by atoms with E-state index in [4.69, 9.17) is 14.2 Å². The molecule has 1 aromatic rings. The van der Waals surface area contributed by atoms with E-state index in [0.717, 1.165) is 17.7 Å². The minimum Gasteiger partial charge on any atom is -0.379 e. The Morgan fingerprint density at radius 1 is 1.00 bits per heavy atom. The number of hydrogen-bond donors (Lipinski definition) is 2. The monoisotopic (exact) mass is 517 g/mol. The molecule has 5 amide bonds. The summed E-state index contributed by atoms with van der Waals surface area (Å²) in [4.78, 5) is 63.0. The van der Waals surface area contributed by atoms with Gasteiger partial charge in [0, 0.05) is 19.4 Å². The second kappa shape index (κ2) is 14.0. The predicted octanol–water partition coefficient (Wildman–Crippen LogP) is 2.04. The molecule has 0 spiro atoms. The van der Waals surface area contributed by atoms with Gasteiger partial charge in [0.05, 0.1) is 49.3 Å². The smallest absolute Gasteiger partial charge is 0.264 e. The van der Waals surface area contributed by atoms with Crippen LogP contribution < -0.4 is 10.6 Å². The molecule has 0 radical (unpaired) electrons. The van der Waals surface area contributed by atoms with Gasteiger partial charge in [-0.05, 0) is 45.2 Å². The molecule has 1 aromatic carbocycles. The molecule has 202 valence electrons. The number of carbonyl (C=O) groups is 5. The first-order chi connectivity index (χ1) is 17.8. The average molecular weight is 518 g/mol. The van der Waals surface area contributed by atoms with Crippen molar-refractivity contribution in [3.05, 3.63) is 29.3 Å². The fraction of sp³-hybridized carbons (Fsp3) is 0.577. The average Bonchev–Trinajstić information content (AvgIpc) is 3.10. The van der Waals surface area contributed by atoms with Crippen LogP contribution in [0, 0.1) is 0 Å². The van der Waals surface area contributed by atoms with Gasteiger partial charge in [-0.25, -0.2) is 0 Å². The first kappa shape index (κ1) is 28.4.